The van der Waals surface area contributed by atoms with Crippen LogP contribution in [0.1, 0.15) is 26.5 Å². The Morgan fingerprint density at radius 1 is 1.15 bits per heavy atom. The predicted molar refractivity (Wildman–Crippen MR) is 69.1 cm³/mol. The van der Waals surface area contributed by atoms with Gasteiger partial charge in [0.1, 0.15) is 5.82 Å². The van der Waals surface area contributed by atoms with Crippen LogP contribution in [0.15, 0.2) is 30.7 Å². The molecule has 20 heavy (non-hydrogen) atoms. The van der Waals surface area contributed by atoms with E-state index >= 15 is 0 Å². The Kier molecular flexibility index (Phi) is 3.67. The molecule has 2 heterocycles. The van der Waals surface area contributed by atoms with Crippen molar-refractivity contribution >= 4 is 17.7 Å². The third kappa shape index (κ3) is 2.76. The summed E-state index contributed by atoms with van der Waals surface area (Å²) in [5.74, 6) is 0.574. The highest BCUT2D eigenvalue weighted by Crippen LogP contribution is 2.08. The second kappa shape index (κ2) is 5.58. The molecule has 0 atom stereocenters. The summed E-state index contributed by atoms with van der Waals surface area (Å²) in [5, 5.41) is 11.3. The van der Waals surface area contributed by atoms with Gasteiger partial charge in [0.15, 0.2) is 11.4 Å². The Hall–Kier alpha value is -3.27. The largest absolute Gasteiger partial charge is 0.476 e. The van der Waals surface area contributed by atoms with E-state index in [1.807, 2.05) is 0 Å². The zero-order valence-electron chi connectivity index (χ0n) is 10.1. The smallest absolute Gasteiger partial charge is 0.356 e. The molecule has 98 valence electrons. The van der Waals surface area contributed by atoms with E-state index < -0.39 is 17.6 Å². The van der Waals surface area contributed by atoms with Crippen molar-refractivity contribution in [1.82, 2.24) is 15.0 Å². The molecular weight excluding hydrogens is 260 g/mol. The topological polar surface area (TPSA) is 105 Å². The number of hydrogen-bond acceptors (Lipinski definition) is 5. The summed E-state index contributed by atoms with van der Waals surface area (Å²) in [7, 11) is 0. The van der Waals surface area contributed by atoms with Crippen LogP contribution in [0.5, 0.6) is 0 Å². The molecule has 0 aliphatic carbocycles. The highest BCUT2D eigenvalue weighted by molar-refractivity contribution is 6.08. The lowest BCUT2D eigenvalue weighted by Crippen LogP contribution is -2.19. The maximum atomic E-state index is 11.9. The van der Waals surface area contributed by atoms with E-state index in [0.717, 1.165) is 0 Å². The maximum absolute atomic E-state index is 11.9. The van der Waals surface area contributed by atoms with Crippen molar-refractivity contribution in [3.63, 3.8) is 0 Å². The lowest BCUT2D eigenvalue weighted by molar-refractivity contribution is 0.0685. The number of hydrogen-bond donors (Lipinski definition) is 2. The van der Waals surface area contributed by atoms with Gasteiger partial charge in [-0.3, -0.25) is 4.79 Å². The number of carboxylic acids is 1. The molecule has 0 aliphatic heterocycles. The first kappa shape index (κ1) is 13.2. The van der Waals surface area contributed by atoms with E-state index in [2.05, 4.69) is 26.2 Å². The van der Waals surface area contributed by atoms with Crippen LogP contribution in [0.25, 0.3) is 0 Å². The first-order valence-electron chi connectivity index (χ1n) is 5.40. The van der Waals surface area contributed by atoms with E-state index in [-0.39, 0.29) is 11.5 Å². The van der Waals surface area contributed by atoms with Crippen molar-refractivity contribution < 1.29 is 14.7 Å². The Morgan fingerprint density at radius 2 is 1.85 bits per heavy atom. The molecule has 0 aliphatic rings. The molecule has 2 rings (SSSR count). The minimum absolute atomic E-state index is 0.232. The summed E-state index contributed by atoms with van der Waals surface area (Å²) in [4.78, 5) is 34.1. The second-order valence-electron chi connectivity index (χ2n) is 3.59. The van der Waals surface area contributed by atoms with E-state index in [4.69, 9.17) is 11.5 Å². The Bertz CT molecular complexity index is 704. The van der Waals surface area contributed by atoms with Crippen molar-refractivity contribution in [2.24, 2.45) is 0 Å². The number of aromatic nitrogens is 3. The molecule has 0 bridgehead atoms. The number of anilines is 1. The molecule has 0 radical (unpaired) electrons. The number of nitrogens with one attached hydrogen (secondary N) is 1. The first-order chi connectivity index (χ1) is 9.61. The molecule has 2 N–H and O–H groups in total. The van der Waals surface area contributed by atoms with Gasteiger partial charge in [-0.05, 0) is 12.1 Å². The van der Waals surface area contributed by atoms with Crippen LogP contribution < -0.4 is 5.32 Å². The summed E-state index contributed by atoms with van der Waals surface area (Å²) < 4.78 is 0. The fraction of sp³-hybridized carbons (Fsp3) is 0. The van der Waals surface area contributed by atoms with Crippen LogP contribution >= 0.6 is 0 Å². The van der Waals surface area contributed by atoms with Gasteiger partial charge in [-0.1, -0.05) is 5.92 Å². The molecule has 0 saturated heterocycles. The van der Waals surface area contributed by atoms with Gasteiger partial charge < -0.3 is 10.4 Å². The van der Waals surface area contributed by atoms with Crippen LogP contribution in [0.2, 0.25) is 0 Å². The summed E-state index contributed by atoms with van der Waals surface area (Å²) in [6.07, 6.45) is 9.02. The lowest BCUT2D eigenvalue weighted by atomic mass is 10.2. The highest BCUT2D eigenvalue weighted by Gasteiger charge is 2.19. The van der Waals surface area contributed by atoms with Gasteiger partial charge in [-0.15, -0.1) is 6.42 Å². The minimum atomic E-state index is -1.33. The van der Waals surface area contributed by atoms with E-state index in [1.54, 1.807) is 6.07 Å². The number of terminal acetylenes is 1. The van der Waals surface area contributed by atoms with Crippen molar-refractivity contribution in [3.8, 4) is 12.3 Å². The van der Waals surface area contributed by atoms with E-state index in [1.165, 1.54) is 24.7 Å². The van der Waals surface area contributed by atoms with Gasteiger partial charge in [0.05, 0.1) is 0 Å². The second-order valence-corrected chi connectivity index (χ2v) is 3.59. The number of carboxylic acid groups (broad SMARTS) is 1. The quantitative estimate of drug-likeness (QED) is 0.798. The van der Waals surface area contributed by atoms with Gasteiger partial charge in [0.2, 0.25) is 0 Å². The minimum Gasteiger partial charge on any atom is -0.476 e. The predicted octanol–water partition coefficient (Wildman–Crippen LogP) is 0.803. The number of pyridine rings is 1. The number of amides is 1. The summed E-state index contributed by atoms with van der Waals surface area (Å²) >= 11 is 0. The molecule has 7 nitrogen and oxygen atoms in total. The number of carbonyl (C=O) groups is 2. The van der Waals surface area contributed by atoms with Crippen molar-refractivity contribution in [3.05, 3.63) is 47.7 Å². The van der Waals surface area contributed by atoms with Crippen molar-refractivity contribution in [1.29, 1.82) is 0 Å². The zero-order valence-corrected chi connectivity index (χ0v) is 10.1. The standard InChI is InChI=1S/C13H8N4O3/c1-2-8-3-4-9(16-7-8)17-12(18)10-11(13(19)20)15-6-5-14-10/h1,3-7H,(H,19,20)(H,16,17,18). The molecule has 0 saturated carbocycles. The van der Waals surface area contributed by atoms with Crippen molar-refractivity contribution in [2.45, 2.75) is 0 Å². The van der Waals surface area contributed by atoms with Crippen LogP contribution in [-0.4, -0.2) is 31.9 Å². The van der Waals surface area contributed by atoms with Gasteiger partial charge in [0.25, 0.3) is 5.91 Å². The molecule has 0 fully saturated rings. The average Bonchev–Trinajstić information content (AvgIpc) is 2.48. The SMILES string of the molecule is C#Cc1ccc(NC(=O)c2nccnc2C(=O)O)nc1. The third-order valence-corrected chi connectivity index (χ3v) is 2.29. The van der Waals surface area contributed by atoms with Crippen LogP contribution in [-0.2, 0) is 0 Å². The molecule has 7 heteroatoms. The Morgan fingerprint density at radius 3 is 2.40 bits per heavy atom. The normalized spacial score (nSPS) is 9.55. The monoisotopic (exact) mass is 268 g/mol. The third-order valence-electron chi connectivity index (χ3n) is 2.29. The highest BCUT2D eigenvalue weighted by atomic mass is 16.4. The molecule has 0 aromatic carbocycles. The number of aromatic carboxylic acids is 1. The fourth-order valence-electron chi connectivity index (χ4n) is 1.39. The van der Waals surface area contributed by atoms with Gasteiger partial charge in [-0.25, -0.2) is 19.7 Å². The molecular formula is C13H8N4O3. The molecule has 2 aromatic heterocycles. The maximum Gasteiger partial charge on any atom is 0.356 e. The zero-order chi connectivity index (χ0) is 14.5. The molecule has 0 unspecified atom stereocenters. The summed E-state index contributed by atoms with van der Waals surface area (Å²) in [5.41, 5.74) is -0.151. The van der Waals surface area contributed by atoms with Crippen LogP contribution in [0.4, 0.5) is 5.82 Å². The summed E-state index contributed by atoms with van der Waals surface area (Å²) in [6, 6.07) is 3.10. The number of rotatable bonds is 3. The average molecular weight is 268 g/mol. The number of nitrogens with zero attached hydrogens (tertiary/aromatic N) is 3. The van der Waals surface area contributed by atoms with Gasteiger partial charge in [0, 0.05) is 24.2 Å². The van der Waals surface area contributed by atoms with Crippen LogP contribution in [0.3, 0.4) is 0 Å². The lowest BCUT2D eigenvalue weighted by Gasteiger charge is -2.05. The van der Waals surface area contributed by atoms with Gasteiger partial charge >= 0.3 is 5.97 Å². The first-order valence-corrected chi connectivity index (χ1v) is 5.40. The van der Waals surface area contributed by atoms with Crippen LogP contribution in [0, 0.1) is 12.3 Å². The molecule has 2 aromatic rings. The number of carbonyl (C=O) groups excluding carboxylic acids is 1. The van der Waals surface area contributed by atoms with Gasteiger partial charge in [-0.2, -0.15) is 0 Å². The summed E-state index contributed by atoms with van der Waals surface area (Å²) in [6.45, 7) is 0. The van der Waals surface area contributed by atoms with E-state index in [9.17, 15) is 9.59 Å². The van der Waals surface area contributed by atoms with Crippen molar-refractivity contribution in [2.75, 3.05) is 5.32 Å². The molecule has 1 amide bonds. The Labute approximate surface area is 113 Å². The molecule has 0 spiro atoms. The van der Waals surface area contributed by atoms with E-state index in [0.29, 0.717) is 5.56 Å². The Balaban J connectivity index is 2.24. The fourth-order valence-corrected chi connectivity index (χ4v) is 1.39.